The Morgan fingerprint density at radius 3 is 1.80 bits per heavy atom. The molecule has 0 aromatic heterocycles. The Kier molecular flexibility index (Phi) is 3.54. The first kappa shape index (κ1) is 13.0. The van der Waals surface area contributed by atoms with Crippen LogP contribution in [0.3, 0.4) is 0 Å². The summed E-state index contributed by atoms with van der Waals surface area (Å²) in [5.41, 5.74) is -0.703. The zero-order valence-corrected chi connectivity index (χ0v) is 10.7. The second-order valence-electron chi connectivity index (χ2n) is 5.82. The quantitative estimate of drug-likeness (QED) is 0.730. The van der Waals surface area contributed by atoms with Crippen molar-refractivity contribution in [2.24, 2.45) is 5.92 Å². The molecule has 0 radical (unpaired) electrons. The van der Waals surface area contributed by atoms with Crippen molar-refractivity contribution in [3.8, 4) is 0 Å². The number of hydrogen-bond donors (Lipinski definition) is 1. The smallest absolute Gasteiger partial charge is 0.402 e. The molecule has 0 aromatic rings. The van der Waals surface area contributed by atoms with Crippen LogP contribution in [0.1, 0.15) is 48.0 Å². The van der Waals surface area contributed by atoms with Crippen molar-refractivity contribution in [3.05, 3.63) is 0 Å². The van der Waals surface area contributed by atoms with E-state index in [1.54, 1.807) is 0 Å². The van der Waals surface area contributed by atoms with E-state index in [2.05, 4.69) is 13.8 Å². The van der Waals surface area contributed by atoms with E-state index < -0.39 is 13.1 Å². The second kappa shape index (κ2) is 4.08. The van der Waals surface area contributed by atoms with Crippen LogP contribution in [-0.2, 0) is 9.31 Å². The molecule has 3 nitrogen and oxygen atoms in total. The minimum Gasteiger partial charge on any atom is -0.402 e. The van der Waals surface area contributed by atoms with Crippen LogP contribution < -0.4 is 0 Å². The fraction of sp³-hybridized carbons (Fsp3) is 1.00. The highest BCUT2D eigenvalue weighted by Crippen LogP contribution is 2.38. The number of rotatable bonds is 3. The summed E-state index contributed by atoms with van der Waals surface area (Å²) in [5, 5.41) is 9.93. The van der Waals surface area contributed by atoms with Gasteiger partial charge in [-0.05, 0) is 40.0 Å². The molecular weight excluding hydrogens is 191 g/mol. The van der Waals surface area contributed by atoms with Crippen LogP contribution in [-0.4, -0.2) is 29.4 Å². The Balaban J connectivity index is 2.62. The van der Waals surface area contributed by atoms with Gasteiger partial charge < -0.3 is 14.4 Å². The maximum Gasteiger partial charge on any atom is 0.488 e. The van der Waals surface area contributed by atoms with Gasteiger partial charge in [-0.15, -0.1) is 0 Å². The lowest BCUT2D eigenvalue weighted by molar-refractivity contribution is 0.00578. The summed E-state index contributed by atoms with van der Waals surface area (Å²) < 4.78 is 11.5. The second-order valence-corrected chi connectivity index (χ2v) is 5.82. The van der Waals surface area contributed by atoms with Gasteiger partial charge in [0, 0.05) is 0 Å². The van der Waals surface area contributed by atoms with Crippen molar-refractivity contribution in [1.29, 1.82) is 0 Å². The molecule has 1 rings (SSSR count). The van der Waals surface area contributed by atoms with Gasteiger partial charge in [-0.2, -0.15) is 0 Å². The maximum atomic E-state index is 9.93. The van der Waals surface area contributed by atoms with Crippen molar-refractivity contribution >= 4 is 7.12 Å². The lowest BCUT2D eigenvalue weighted by Crippen LogP contribution is -2.41. The third kappa shape index (κ3) is 2.74. The lowest BCUT2D eigenvalue weighted by atomic mass is 9.77. The molecule has 15 heavy (non-hydrogen) atoms. The molecule has 1 heterocycles. The first-order valence-electron chi connectivity index (χ1n) is 5.69. The number of aliphatic hydroxyl groups excluding tert-OH is 1. The molecule has 0 bridgehead atoms. The molecule has 1 saturated heterocycles. The topological polar surface area (TPSA) is 38.7 Å². The molecule has 0 aromatic carbocycles. The Morgan fingerprint density at radius 1 is 1.07 bits per heavy atom. The van der Waals surface area contributed by atoms with Crippen molar-refractivity contribution < 1.29 is 14.4 Å². The molecular formula is C11H23BO3. The van der Waals surface area contributed by atoms with Crippen LogP contribution in [0.25, 0.3) is 0 Å². The summed E-state index contributed by atoms with van der Waals surface area (Å²) in [7, 11) is -0.489. The predicted molar refractivity (Wildman–Crippen MR) is 61.5 cm³/mol. The van der Waals surface area contributed by atoms with E-state index in [4.69, 9.17) is 9.31 Å². The van der Waals surface area contributed by atoms with Crippen LogP contribution in [0.4, 0.5) is 0 Å². The summed E-state index contributed by atoms with van der Waals surface area (Å²) in [5.74, 6) is 0.444. The summed E-state index contributed by atoms with van der Waals surface area (Å²) in [6.45, 7) is 12.1. The van der Waals surface area contributed by atoms with Crippen LogP contribution in [0.2, 0.25) is 0 Å². The molecule has 0 amide bonds. The minimum absolute atomic E-state index is 0.352. The fourth-order valence-corrected chi connectivity index (χ4v) is 1.64. The van der Waals surface area contributed by atoms with Crippen molar-refractivity contribution in [3.63, 3.8) is 0 Å². The van der Waals surface area contributed by atoms with Crippen LogP contribution in [0.5, 0.6) is 0 Å². The van der Waals surface area contributed by atoms with Crippen molar-refractivity contribution in [2.75, 3.05) is 0 Å². The van der Waals surface area contributed by atoms with Gasteiger partial charge in [0.1, 0.15) is 0 Å². The average Bonchev–Trinajstić information content (AvgIpc) is 2.20. The van der Waals surface area contributed by atoms with E-state index in [1.807, 2.05) is 27.7 Å². The molecule has 0 unspecified atom stereocenters. The minimum atomic E-state index is -0.536. The van der Waals surface area contributed by atoms with E-state index in [0.29, 0.717) is 12.3 Å². The third-order valence-corrected chi connectivity index (χ3v) is 3.30. The van der Waals surface area contributed by atoms with Crippen LogP contribution >= 0.6 is 0 Å². The first-order valence-corrected chi connectivity index (χ1v) is 5.69. The lowest BCUT2D eigenvalue weighted by Gasteiger charge is -2.32. The van der Waals surface area contributed by atoms with E-state index in [1.165, 1.54) is 0 Å². The SMILES string of the molecule is CC(C)C[C@@H](O)B1OC(C)(C)C(C)(C)O1. The predicted octanol–water partition coefficient (Wildman–Crippen LogP) is 2.02. The highest BCUT2D eigenvalue weighted by molar-refractivity contribution is 6.47. The van der Waals surface area contributed by atoms with Gasteiger partial charge in [-0.3, -0.25) is 0 Å². The summed E-state index contributed by atoms with van der Waals surface area (Å²) in [6, 6.07) is -0.536. The van der Waals surface area contributed by atoms with Gasteiger partial charge in [0.05, 0.1) is 17.2 Å². The molecule has 1 fully saturated rings. The van der Waals surface area contributed by atoms with Crippen LogP contribution in [0.15, 0.2) is 0 Å². The zero-order valence-electron chi connectivity index (χ0n) is 10.7. The van der Waals surface area contributed by atoms with Crippen molar-refractivity contribution in [1.82, 2.24) is 0 Å². The highest BCUT2D eigenvalue weighted by atomic mass is 16.7. The Bertz CT molecular complexity index is 210. The van der Waals surface area contributed by atoms with Gasteiger partial charge in [0.25, 0.3) is 0 Å². The summed E-state index contributed by atoms with van der Waals surface area (Å²) in [6.07, 6.45) is 0.705. The molecule has 4 heteroatoms. The van der Waals surface area contributed by atoms with E-state index >= 15 is 0 Å². The van der Waals surface area contributed by atoms with Gasteiger partial charge in [0.2, 0.25) is 0 Å². The number of aliphatic hydroxyl groups is 1. The molecule has 1 atom stereocenters. The molecule has 1 aliphatic heterocycles. The monoisotopic (exact) mass is 214 g/mol. The van der Waals surface area contributed by atoms with Gasteiger partial charge in [-0.1, -0.05) is 13.8 Å². The average molecular weight is 214 g/mol. The zero-order chi connectivity index (χ0) is 11.9. The third-order valence-electron chi connectivity index (χ3n) is 3.30. The molecule has 1 N–H and O–H groups in total. The highest BCUT2D eigenvalue weighted by Gasteiger charge is 2.53. The maximum absolute atomic E-state index is 9.93. The molecule has 0 aliphatic carbocycles. The molecule has 0 spiro atoms. The van der Waals surface area contributed by atoms with E-state index in [0.717, 1.165) is 0 Å². The van der Waals surface area contributed by atoms with E-state index in [9.17, 15) is 5.11 Å². The van der Waals surface area contributed by atoms with Crippen molar-refractivity contribution in [2.45, 2.75) is 65.2 Å². The normalized spacial score (nSPS) is 26.0. The van der Waals surface area contributed by atoms with Gasteiger partial charge in [-0.25, -0.2) is 0 Å². The van der Waals surface area contributed by atoms with Crippen LogP contribution in [0, 0.1) is 5.92 Å². The van der Waals surface area contributed by atoms with Gasteiger partial charge in [0.15, 0.2) is 0 Å². The Hall–Kier alpha value is -0.0551. The number of hydrogen-bond acceptors (Lipinski definition) is 3. The summed E-state index contributed by atoms with van der Waals surface area (Å²) >= 11 is 0. The largest absolute Gasteiger partial charge is 0.488 e. The first-order chi connectivity index (χ1) is 6.66. The Labute approximate surface area is 93.3 Å². The van der Waals surface area contributed by atoms with E-state index in [-0.39, 0.29) is 11.2 Å². The Morgan fingerprint density at radius 2 is 1.47 bits per heavy atom. The molecule has 1 aliphatic rings. The standard InChI is InChI=1S/C11H23BO3/c1-8(2)7-9(13)12-14-10(3,4)11(5,6)15-12/h8-9,13H,7H2,1-6H3/t9-/m1/s1. The van der Waals surface area contributed by atoms with Gasteiger partial charge >= 0.3 is 7.12 Å². The fourth-order valence-electron chi connectivity index (χ4n) is 1.64. The summed E-state index contributed by atoms with van der Waals surface area (Å²) in [4.78, 5) is 0. The molecule has 0 saturated carbocycles. The molecule has 88 valence electrons.